The fraction of sp³-hybridized carbons (Fsp3) is 0.429. The first-order chi connectivity index (χ1) is 8.71. The lowest BCUT2D eigenvalue weighted by Gasteiger charge is -2.11. The predicted octanol–water partition coefficient (Wildman–Crippen LogP) is 2.16. The third kappa shape index (κ3) is 4.39. The summed E-state index contributed by atoms with van der Waals surface area (Å²) in [6.45, 7) is 2.16. The van der Waals surface area contributed by atoms with Crippen molar-refractivity contribution in [1.82, 2.24) is 0 Å². The molecule has 0 bridgehead atoms. The summed E-state index contributed by atoms with van der Waals surface area (Å²) in [7, 11) is 3.21. The molecular formula is C14H20O4. The highest BCUT2D eigenvalue weighted by atomic mass is 16.7. The quantitative estimate of drug-likeness (QED) is 0.596. The molecule has 0 aliphatic rings. The molecule has 1 N–H and O–H groups in total. The molecule has 0 radical (unpaired) electrons. The van der Waals surface area contributed by atoms with Crippen LogP contribution in [0.3, 0.4) is 0 Å². The van der Waals surface area contributed by atoms with Gasteiger partial charge in [0.25, 0.3) is 0 Å². The van der Waals surface area contributed by atoms with Crippen molar-refractivity contribution in [1.29, 1.82) is 0 Å². The molecule has 1 aromatic rings. The number of hydrogen-bond acceptors (Lipinski definition) is 4. The normalized spacial score (nSPS) is 11.4. The summed E-state index contributed by atoms with van der Waals surface area (Å²) >= 11 is 0. The van der Waals surface area contributed by atoms with Crippen molar-refractivity contribution in [3.63, 3.8) is 0 Å². The number of rotatable bonds is 7. The molecule has 100 valence electrons. The molecule has 0 amide bonds. The average Bonchev–Trinajstić information content (AvgIpc) is 2.42. The Bertz CT molecular complexity index is 399. The first-order valence-electron chi connectivity index (χ1n) is 5.76. The van der Waals surface area contributed by atoms with E-state index in [1.807, 2.05) is 31.2 Å². The third-order valence-corrected chi connectivity index (χ3v) is 2.52. The first kappa shape index (κ1) is 14.5. The van der Waals surface area contributed by atoms with Gasteiger partial charge in [-0.1, -0.05) is 11.6 Å². The molecule has 0 saturated heterocycles. The Morgan fingerprint density at radius 2 is 2.11 bits per heavy atom. The maximum absolute atomic E-state index is 8.98. The topological polar surface area (TPSA) is 47.9 Å². The van der Waals surface area contributed by atoms with Crippen LogP contribution >= 0.6 is 0 Å². The number of ether oxygens (including phenoxy) is 3. The number of hydrogen-bond donors (Lipinski definition) is 1. The maximum Gasteiger partial charge on any atom is 0.188 e. The maximum atomic E-state index is 8.98. The van der Waals surface area contributed by atoms with Gasteiger partial charge in [0, 0.05) is 12.7 Å². The van der Waals surface area contributed by atoms with Gasteiger partial charge in [0.05, 0.1) is 13.7 Å². The largest absolute Gasteiger partial charge is 0.497 e. The smallest absolute Gasteiger partial charge is 0.188 e. The van der Waals surface area contributed by atoms with E-state index in [-0.39, 0.29) is 13.4 Å². The Hall–Kier alpha value is -1.52. The molecule has 0 atom stereocenters. The fourth-order valence-corrected chi connectivity index (χ4v) is 1.45. The summed E-state index contributed by atoms with van der Waals surface area (Å²) in [6, 6.07) is 5.62. The lowest BCUT2D eigenvalue weighted by molar-refractivity contribution is 0.0505. The molecule has 0 aliphatic carbocycles. The summed E-state index contributed by atoms with van der Waals surface area (Å²) in [6.07, 6.45) is 2.65. The predicted molar refractivity (Wildman–Crippen MR) is 70.0 cm³/mol. The molecule has 1 aromatic carbocycles. The first-order valence-corrected chi connectivity index (χ1v) is 5.76. The molecule has 4 nitrogen and oxygen atoms in total. The minimum absolute atomic E-state index is 0.0677. The Labute approximate surface area is 108 Å². The van der Waals surface area contributed by atoms with Gasteiger partial charge in [0.15, 0.2) is 6.79 Å². The molecular weight excluding hydrogens is 232 g/mol. The van der Waals surface area contributed by atoms with Crippen LogP contribution < -0.4 is 9.47 Å². The number of aliphatic hydroxyl groups excluding tert-OH is 1. The number of benzene rings is 1. The molecule has 1 rings (SSSR count). The summed E-state index contributed by atoms with van der Waals surface area (Å²) < 4.78 is 15.6. The molecule has 4 heteroatoms. The van der Waals surface area contributed by atoms with E-state index in [1.54, 1.807) is 14.2 Å². The Morgan fingerprint density at radius 1 is 1.33 bits per heavy atom. The molecule has 0 unspecified atom stereocenters. The molecule has 0 aliphatic heterocycles. The van der Waals surface area contributed by atoms with Crippen molar-refractivity contribution in [3.05, 3.63) is 35.4 Å². The molecule has 0 fully saturated rings. The second-order valence-corrected chi connectivity index (χ2v) is 3.94. The highest BCUT2D eigenvalue weighted by molar-refractivity contribution is 5.41. The van der Waals surface area contributed by atoms with E-state index in [0.29, 0.717) is 6.42 Å². The van der Waals surface area contributed by atoms with Gasteiger partial charge in [0.1, 0.15) is 11.5 Å². The van der Waals surface area contributed by atoms with Gasteiger partial charge < -0.3 is 19.3 Å². The van der Waals surface area contributed by atoms with Crippen LogP contribution in [-0.4, -0.2) is 32.7 Å². The van der Waals surface area contributed by atoms with Crippen molar-refractivity contribution >= 4 is 0 Å². The van der Waals surface area contributed by atoms with Crippen molar-refractivity contribution in [2.75, 3.05) is 27.6 Å². The van der Waals surface area contributed by atoms with Crippen molar-refractivity contribution < 1.29 is 19.3 Å². The molecule has 18 heavy (non-hydrogen) atoms. The second-order valence-electron chi connectivity index (χ2n) is 3.94. The zero-order valence-corrected chi connectivity index (χ0v) is 11.1. The van der Waals surface area contributed by atoms with Gasteiger partial charge in [-0.25, -0.2) is 0 Å². The van der Waals surface area contributed by atoms with Crippen LogP contribution in [0.25, 0.3) is 0 Å². The van der Waals surface area contributed by atoms with Crippen LogP contribution in [0.2, 0.25) is 0 Å². The Kier molecular flexibility index (Phi) is 6.25. The lowest BCUT2D eigenvalue weighted by Crippen LogP contribution is -2.02. The van der Waals surface area contributed by atoms with E-state index < -0.39 is 0 Å². The summed E-state index contributed by atoms with van der Waals surface area (Å²) in [4.78, 5) is 0. The molecule has 0 spiro atoms. The zero-order valence-electron chi connectivity index (χ0n) is 11.1. The number of methoxy groups -OCH3 is 2. The lowest BCUT2D eigenvalue weighted by atomic mass is 10.1. The van der Waals surface area contributed by atoms with E-state index >= 15 is 0 Å². The molecule has 0 saturated carbocycles. The third-order valence-electron chi connectivity index (χ3n) is 2.52. The Morgan fingerprint density at radius 3 is 2.72 bits per heavy atom. The van der Waals surface area contributed by atoms with Gasteiger partial charge in [0.2, 0.25) is 0 Å². The van der Waals surface area contributed by atoms with Crippen LogP contribution in [0.4, 0.5) is 0 Å². The Balaban J connectivity index is 2.88. The minimum Gasteiger partial charge on any atom is -0.497 e. The SMILES string of the molecule is COCOc1ccc(OC)cc1C/C=C(\C)CO. The van der Waals surface area contributed by atoms with E-state index in [4.69, 9.17) is 19.3 Å². The number of allylic oxidation sites excluding steroid dienone is 1. The standard InChI is InChI=1S/C14H20O4/c1-11(9-15)4-5-12-8-13(17-3)6-7-14(12)18-10-16-2/h4,6-8,15H,5,9-10H2,1-3H3/b11-4+. The van der Waals surface area contributed by atoms with E-state index in [2.05, 4.69) is 0 Å². The van der Waals surface area contributed by atoms with Gasteiger partial charge in [-0.05, 0) is 31.5 Å². The molecule has 0 heterocycles. The monoisotopic (exact) mass is 252 g/mol. The van der Waals surface area contributed by atoms with E-state index in [1.165, 1.54) is 0 Å². The van der Waals surface area contributed by atoms with Crippen LogP contribution in [-0.2, 0) is 11.2 Å². The van der Waals surface area contributed by atoms with Crippen molar-refractivity contribution in [3.8, 4) is 11.5 Å². The van der Waals surface area contributed by atoms with Gasteiger partial charge >= 0.3 is 0 Å². The highest BCUT2D eigenvalue weighted by Gasteiger charge is 2.05. The molecule has 0 aromatic heterocycles. The van der Waals surface area contributed by atoms with E-state index in [0.717, 1.165) is 22.6 Å². The van der Waals surface area contributed by atoms with Crippen molar-refractivity contribution in [2.24, 2.45) is 0 Å². The second kappa shape index (κ2) is 7.74. The van der Waals surface area contributed by atoms with Gasteiger partial charge in [-0.2, -0.15) is 0 Å². The van der Waals surface area contributed by atoms with Crippen LogP contribution in [0.5, 0.6) is 11.5 Å². The van der Waals surface area contributed by atoms with Crippen LogP contribution in [0.15, 0.2) is 29.8 Å². The minimum atomic E-state index is 0.0677. The highest BCUT2D eigenvalue weighted by Crippen LogP contribution is 2.25. The van der Waals surface area contributed by atoms with Crippen LogP contribution in [0.1, 0.15) is 12.5 Å². The average molecular weight is 252 g/mol. The summed E-state index contributed by atoms with van der Waals surface area (Å²) in [5.74, 6) is 1.55. The fourth-order valence-electron chi connectivity index (χ4n) is 1.45. The zero-order chi connectivity index (χ0) is 13.4. The van der Waals surface area contributed by atoms with E-state index in [9.17, 15) is 0 Å². The number of aliphatic hydroxyl groups is 1. The summed E-state index contributed by atoms with van der Waals surface area (Å²) in [5, 5.41) is 8.98. The van der Waals surface area contributed by atoms with Crippen molar-refractivity contribution in [2.45, 2.75) is 13.3 Å². The summed E-state index contributed by atoms with van der Waals surface area (Å²) in [5.41, 5.74) is 1.93. The van der Waals surface area contributed by atoms with Crippen LogP contribution in [0, 0.1) is 0 Å². The van der Waals surface area contributed by atoms with Gasteiger partial charge in [-0.3, -0.25) is 0 Å². The van der Waals surface area contributed by atoms with Gasteiger partial charge in [-0.15, -0.1) is 0 Å².